The van der Waals surface area contributed by atoms with E-state index in [0.29, 0.717) is 34.3 Å². The Kier molecular flexibility index (Phi) is 6.35. The Bertz CT molecular complexity index is 1150. The summed E-state index contributed by atoms with van der Waals surface area (Å²) in [5, 5.41) is 6.16. The standard InChI is InChI=1S/C22H19FN2O3S2/c1-27-18-5-2-4-14-12-19(28-21(14)18)17-13-30-22(24-17)25-20(26)6-3-11-29-16-9-7-15(23)8-10-16/h2,4-5,7-10,12-13H,3,6,11H2,1H3,(H,24,25,26). The van der Waals surface area contributed by atoms with Crippen LogP contribution >= 0.6 is 23.1 Å². The van der Waals surface area contributed by atoms with Crippen LogP contribution in [0, 0.1) is 5.82 Å². The number of rotatable bonds is 8. The van der Waals surface area contributed by atoms with E-state index in [1.54, 1.807) is 31.0 Å². The number of thiazole rings is 1. The van der Waals surface area contributed by atoms with E-state index in [1.807, 2.05) is 29.6 Å². The number of aromatic nitrogens is 1. The Balaban J connectivity index is 1.31. The van der Waals surface area contributed by atoms with Crippen molar-refractivity contribution in [2.75, 3.05) is 18.2 Å². The third kappa shape index (κ3) is 4.83. The van der Waals surface area contributed by atoms with E-state index in [2.05, 4.69) is 10.3 Å². The highest BCUT2D eigenvalue weighted by molar-refractivity contribution is 7.99. The minimum atomic E-state index is -0.247. The lowest BCUT2D eigenvalue weighted by atomic mass is 10.2. The average molecular weight is 443 g/mol. The summed E-state index contributed by atoms with van der Waals surface area (Å²) in [4.78, 5) is 17.7. The van der Waals surface area contributed by atoms with Crippen molar-refractivity contribution in [2.45, 2.75) is 17.7 Å². The lowest BCUT2D eigenvalue weighted by Gasteiger charge is -2.02. The van der Waals surface area contributed by atoms with E-state index in [1.165, 1.54) is 23.5 Å². The van der Waals surface area contributed by atoms with E-state index in [9.17, 15) is 9.18 Å². The molecule has 0 radical (unpaired) electrons. The van der Waals surface area contributed by atoms with Gasteiger partial charge in [-0.25, -0.2) is 9.37 Å². The van der Waals surface area contributed by atoms with Crippen molar-refractivity contribution >= 4 is 45.1 Å². The number of benzene rings is 2. The fourth-order valence-corrected chi connectivity index (χ4v) is 4.47. The molecule has 0 saturated heterocycles. The summed E-state index contributed by atoms with van der Waals surface area (Å²) in [6.07, 6.45) is 1.11. The number of halogens is 1. The van der Waals surface area contributed by atoms with Gasteiger partial charge in [-0.05, 0) is 48.6 Å². The monoisotopic (exact) mass is 442 g/mol. The number of furan rings is 1. The Hall–Kier alpha value is -2.84. The molecule has 2 aromatic carbocycles. The van der Waals surface area contributed by atoms with E-state index >= 15 is 0 Å². The van der Waals surface area contributed by atoms with Crippen molar-refractivity contribution in [3.8, 4) is 17.2 Å². The van der Waals surface area contributed by atoms with Gasteiger partial charge in [0.25, 0.3) is 0 Å². The molecule has 1 amide bonds. The first-order chi connectivity index (χ1) is 14.6. The van der Waals surface area contributed by atoms with Crippen LogP contribution in [0.15, 0.2) is 63.2 Å². The fourth-order valence-electron chi connectivity index (χ4n) is 2.90. The van der Waals surface area contributed by atoms with Gasteiger partial charge >= 0.3 is 0 Å². The number of amides is 1. The van der Waals surface area contributed by atoms with Crippen molar-refractivity contribution in [3.63, 3.8) is 0 Å². The number of fused-ring (bicyclic) bond motifs is 1. The van der Waals surface area contributed by atoms with Crippen LogP contribution in [-0.4, -0.2) is 23.8 Å². The third-order valence-corrected chi connectivity index (χ3v) is 6.22. The van der Waals surface area contributed by atoms with E-state index in [4.69, 9.17) is 9.15 Å². The van der Waals surface area contributed by atoms with Gasteiger partial charge in [-0.2, -0.15) is 0 Å². The lowest BCUT2D eigenvalue weighted by molar-refractivity contribution is -0.116. The van der Waals surface area contributed by atoms with E-state index < -0.39 is 0 Å². The summed E-state index contributed by atoms with van der Waals surface area (Å²) in [5.74, 6) is 1.75. The average Bonchev–Trinajstić information content (AvgIpc) is 3.39. The molecule has 4 aromatic rings. The summed E-state index contributed by atoms with van der Waals surface area (Å²) in [5.41, 5.74) is 1.34. The molecule has 30 heavy (non-hydrogen) atoms. The second-order valence-electron chi connectivity index (χ2n) is 6.48. The largest absolute Gasteiger partial charge is 0.493 e. The number of anilines is 1. The van der Waals surface area contributed by atoms with Crippen LogP contribution in [0.4, 0.5) is 9.52 Å². The highest BCUT2D eigenvalue weighted by atomic mass is 32.2. The van der Waals surface area contributed by atoms with Gasteiger partial charge in [-0.15, -0.1) is 23.1 Å². The number of thioether (sulfide) groups is 1. The van der Waals surface area contributed by atoms with Gasteiger partial charge in [-0.3, -0.25) is 4.79 Å². The molecule has 0 fully saturated rings. The molecule has 0 aliphatic carbocycles. The predicted molar refractivity (Wildman–Crippen MR) is 119 cm³/mol. The molecule has 0 aliphatic heterocycles. The van der Waals surface area contributed by atoms with Gasteiger partial charge in [0.1, 0.15) is 11.5 Å². The summed E-state index contributed by atoms with van der Waals surface area (Å²) >= 11 is 2.96. The van der Waals surface area contributed by atoms with Gasteiger partial charge < -0.3 is 14.5 Å². The van der Waals surface area contributed by atoms with Gasteiger partial charge in [0.05, 0.1) is 7.11 Å². The van der Waals surface area contributed by atoms with Gasteiger partial charge in [0, 0.05) is 22.1 Å². The maximum atomic E-state index is 12.9. The molecule has 0 aliphatic rings. The van der Waals surface area contributed by atoms with Crippen LogP contribution in [0.1, 0.15) is 12.8 Å². The minimum absolute atomic E-state index is 0.0816. The van der Waals surface area contributed by atoms with Gasteiger partial charge in [-0.1, -0.05) is 12.1 Å². The second-order valence-corrected chi connectivity index (χ2v) is 8.51. The van der Waals surface area contributed by atoms with Crippen LogP contribution in [0.3, 0.4) is 0 Å². The van der Waals surface area contributed by atoms with Crippen LogP contribution in [0.5, 0.6) is 5.75 Å². The topological polar surface area (TPSA) is 64.4 Å². The van der Waals surface area contributed by atoms with E-state index in [0.717, 1.165) is 22.5 Å². The molecular formula is C22H19FN2O3S2. The van der Waals surface area contributed by atoms with Gasteiger partial charge in [0.2, 0.25) is 5.91 Å². The third-order valence-electron chi connectivity index (χ3n) is 4.36. The quantitative estimate of drug-likeness (QED) is 0.259. The highest BCUT2D eigenvalue weighted by Crippen LogP contribution is 2.34. The number of carbonyl (C=O) groups is 1. The van der Waals surface area contributed by atoms with Crippen LogP contribution in [0.2, 0.25) is 0 Å². The number of nitrogens with one attached hydrogen (secondary N) is 1. The maximum absolute atomic E-state index is 12.9. The SMILES string of the molecule is COc1cccc2cc(-c3csc(NC(=O)CCCSc4ccc(F)cc4)n3)oc12. The Morgan fingerprint density at radius 2 is 2.10 bits per heavy atom. The summed E-state index contributed by atoms with van der Waals surface area (Å²) in [6.45, 7) is 0. The number of nitrogens with zero attached hydrogens (tertiary/aromatic N) is 1. The van der Waals surface area contributed by atoms with Crippen molar-refractivity contribution in [1.29, 1.82) is 0 Å². The molecule has 0 atom stereocenters. The summed E-state index contributed by atoms with van der Waals surface area (Å²) in [7, 11) is 1.60. The summed E-state index contributed by atoms with van der Waals surface area (Å²) < 4.78 is 24.1. The first kappa shape index (κ1) is 20.4. The number of para-hydroxylation sites is 1. The molecule has 8 heteroatoms. The second kappa shape index (κ2) is 9.32. The number of methoxy groups -OCH3 is 1. The molecule has 0 unspecified atom stereocenters. The van der Waals surface area contributed by atoms with Crippen LogP contribution < -0.4 is 10.1 Å². The fraction of sp³-hybridized carbons (Fsp3) is 0.182. The van der Waals surface area contributed by atoms with Crippen molar-refractivity contribution < 1.29 is 18.3 Å². The predicted octanol–water partition coefficient (Wildman–Crippen LogP) is 6.22. The highest BCUT2D eigenvalue weighted by Gasteiger charge is 2.14. The Morgan fingerprint density at radius 3 is 2.90 bits per heavy atom. The molecular weight excluding hydrogens is 423 g/mol. The van der Waals surface area contributed by atoms with Gasteiger partial charge in [0.15, 0.2) is 22.2 Å². The maximum Gasteiger partial charge on any atom is 0.226 e. The first-order valence-electron chi connectivity index (χ1n) is 9.33. The molecule has 0 spiro atoms. The molecule has 2 aromatic heterocycles. The zero-order valence-electron chi connectivity index (χ0n) is 16.2. The van der Waals surface area contributed by atoms with Crippen molar-refractivity contribution in [3.05, 3.63) is 59.7 Å². The Morgan fingerprint density at radius 1 is 1.27 bits per heavy atom. The smallest absolute Gasteiger partial charge is 0.226 e. The lowest BCUT2D eigenvalue weighted by Crippen LogP contribution is -2.11. The molecule has 1 N–H and O–H groups in total. The number of carbonyl (C=O) groups excluding carboxylic acids is 1. The van der Waals surface area contributed by atoms with Crippen molar-refractivity contribution in [2.24, 2.45) is 0 Å². The van der Waals surface area contributed by atoms with E-state index in [-0.39, 0.29) is 11.7 Å². The van der Waals surface area contributed by atoms with Crippen LogP contribution in [0.25, 0.3) is 22.4 Å². The first-order valence-corrected chi connectivity index (χ1v) is 11.2. The molecule has 0 saturated carbocycles. The normalized spacial score (nSPS) is 11.0. The zero-order chi connectivity index (χ0) is 20.9. The zero-order valence-corrected chi connectivity index (χ0v) is 17.8. The number of hydrogen-bond donors (Lipinski definition) is 1. The van der Waals surface area contributed by atoms with Crippen molar-refractivity contribution in [1.82, 2.24) is 4.98 Å². The number of ether oxygens (including phenoxy) is 1. The molecule has 0 bridgehead atoms. The minimum Gasteiger partial charge on any atom is -0.493 e. The van der Waals surface area contributed by atoms with Crippen LogP contribution in [-0.2, 0) is 4.79 Å². The Labute approximate surface area is 181 Å². The summed E-state index contributed by atoms with van der Waals surface area (Å²) in [6, 6.07) is 14.0. The number of hydrogen-bond acceptors (Lipinski definition) is 6. The molecule has 5 nitrogen and oxygen atoms in total. The molecule has 154 valence electrons. The molecule has 2 heterocycles. The molecule has 4 rings (SSSR count).